The van der Waals surface area contributed by atoms with E-state index in [1.807, 2.05) is 0 Å². The van der Waals surface area contributed by atoms with E-state index in [4.69, 9.17) is 11.6 Å². The third kappa shape index (κ3) is 4.97. The van der Waals surface area contributed by atoms with Gasteiger partial charge in [0, 0.05) is 31.9 Å². The molecule has 2 aromatic carbocycles. The van der Waals surface area contributed by atoms with E-state index < -0.39 is 22.1 Å². The monoisotopic (exact) mass is 518 g/mol. The molecule has 3 amide bonds. The highest BCUT2D eigenvalue weighted by Gasteiger charge is 2.48. The molecule has 2 heterocycles. The molecule has 2 saturated heterocycles. The van der Waals surface area contributed by atoms with Gasteiger partial charge in [0.25, 0.3) is 0 Å². The van der Waals surface area contributed by atoms with E-state index in [1.165, 1.54) is 16.0 Å². The second kappa shape index (κ2) is 10.1. The predicted molar refractivity (Wildman–Crippen MR) is 139 cm³/mol. The molecule has 2 aromatic rings. The van der Waals surface area contributed by atoms with Gasteiger partial charge in [0.2, 0.25) is 15.9 Å². The van der Waals surface area contributed by atoms with E-state index in [0.717, 1.165) is 9.99 Å². The molecule has 0 spiro atoms. The number of rotatable bonds is 6. The van der Waals surface area contributed by atoms with E-state index in [9.17, 15) is 18.0 Å². The molecule has 0 N–H and O–H groups in total. The van der Waals surface area contributed by atoms with E-state index in [0.29, 0.717) is 38.3 Å². The Labute approximate surface area is 212 Å². The maximum Gasteiger partial charge on any atom is 0.339 e. The summed E-state index contributed by atoms with van der Waals surface area (Å²) in [5.74, 6) is -0.432. The average molecular weight is 519 g/mol. The molecule has 0 bridgehead atoms. The van der Waals surface area contributed by atoms with Crippen LogP contribution in [0.4, 0.5) is 16.2 Å². The molecule has 4 rings (SSSR count). The Bertz CT molecular complexity index is 1230. The zero-order valence-corrected chi connectivity index (χ0v) is 21.8. The first-order valence-electron chi connectivity index (χ1n) is 11.8. The van der Waals surface area contributed by atoms with Crippen molar-refractivity contribution < 1.29 is 18.0 Å². The molecule has 0 aliphatic carbocycles. The van der Waals surface area contributed by atoms with Crippen molar-refractivity contribution in [3.05, 3.63) is 58.6 Å². The van der Waals surface area contributed by atoms with Crippen LogP contribution in [0.2, 0.25) is 5.02 Å². The first kappa shape index (κ1) is 25.3. The molecule has 0 aromatic heterocycles. The minimum absolute atomic E-state index is 0.162. The fourth-order valence-electron chi connectivity index (χ4n) is 4.72. The van der Waals surface area contributed by atoms with Gasteiger partial charge in [0.05, 0.1) is 23.0 Å². The van der Waals surface area contributed by atoms with Crippen molar-refractivity contribution >= 4 is 44.9 Å². The number of sulfonamides is 1. The zero-order valence-electron chi connectivity index (χ0n) is 20.3. The second-order valence-corrected chi connectivity index (χ2v) is 11.5. The van der Waals surface area contributed by atoms with Crippen LogP contribution in [0.3, 0.4) is 0 Å². The van der Waals surface area contributed by atoms with Gasteiger partial charge in [-0.25, -0.2) is 17.5 Å². The minimum atomic E-state index is -3.84. The van der Waals surface area contributed by atoms with E-state index in [-0.39, 0.29) is 23.2 Å². The molecule has 2 fully saturated rings. The van der Waals surface area contributed by atoms with Crippen LogP contribution in [0.25, 0.3) is 0 Å². The van der Waals surface area contributed by atoms with Crippen molar-refractivity contribution in [2.45, 2.75) is 33.2 Å². The minimum Gasteiger partial charge on any atom is -0.368 e. The Morgan fingerprint density at radius 1 is 1.03 bits per heavy atom. The van der Waals surface area contributed by atoms with E-state index in [2.05, 4.69) is 36.9 Å². The summed E-state index contributed by atoms with van der Waals surface area (Å²) in [5, 5.41) is 0.285. The summed E-state index contributed by atoms with van der Waals surface area (Å²) in [6.07, 6.45) is 0.372. The van der Waals surface area contributed by atoms with Crippen LogP contribution in [-0.4, -0.2) is 74.1 Å². The van der Waals surface area contributed by atoms with Crippen molar-refractivity contribution in [2.75, 3.05) is 48.3 Å². The van der Waals surface area contributed by atoms with Crippen molar-refractivity contribution in [2.24, 2.45) is 0 Å². The summed E-state index contributed by atoms with van der Waals surface area (Å²) >= 11 is 6.37. The van der Waals surface area contributed by atoms with Gasteiger partial charge in [-0.15, -0.1) is 0 Å². The van der Waals surface area contributed by atoms with Crippen molar-refractivity contribution in [3.63, 3.8) is 0 Å². The molecule has 2 aliphatic rings. The van der Waals surface area contributed by atoms with Crippen LogP contribution in [0, 0.1) is 13.8 Å². The molecule has 188 valence electrons. The van der Waals surface area contributed by atoms with Crippen LogP contribution < -0.4 is 9.80 Å². The lowest BCUT2D eigenvalue weighted by molar-refractivity contribution is -0.132. The Hall–Kier alpha value is -2.78. The Balaban J connectivity index is 1.58. The number of urea groups is 1. The van der Waals surface area contributed by atoms with Crippen LogP contribution in [0.1, 0.15) is 24.5 Å². The standard InChI is InChI=1S/C25H31ClN4O4S/c1-4-15-35(33,34)29-17-23(30(25(29)32)21-8-6-5-7-20(21)26)24(31)28-13-11-27(12-14-28)22-16-18(2)9-10-19(22)3/h5-10,16,23H,4,11-15,17H2,1-3H3/t23-/m0/s1. The summed E-state index contributed by atoms with van der Waals surface area (Å²) in [5.41, 5.74) is 3.85. The summed E-state index contributed by atoms with van der Waals surface area (Å²) in [4.78, 5) is 32.2. The summed E-state index contributed by atoms with van der Waals surface area (Å²) in [6, 6.07) is 11.3. The average Bonchev–Trinajstić information content (AvgIpc) is 3.18. The van der Waals surface area contributed by atoms with Gasteiger partial charge in [0.1, 0.15) is 6.04 Å². The third-order valence-electron chi connectivity index (χ3n) is 6.56. The topological polar surface area (TPSA) is 81.2 Å². The lowest BCUT2D eigenvalue weighted by atomic mass is 10.1. The Morgan fingerprint density at radius 2 is 1.71 bits per heavy atom. The summed E-state index contributed by atoms with van der Waals surface area (Å²) in [7, 11) is -3.84. The van der Waals surface area contributed by atoms with Gasteiger partial charge in [-0.05, 0) is 49.6 Å². The van der Waals surface area contributed by atoms with Gasteiger partial charge < -0.3 is 9.80 Å². The number of aryl methyl sites for hydroxylation is 2. The fourth-order valence-corrected chi connectivity index (χ4v) is 6.37. The molecule has 8 nitrogen and oxygen atoms in total. The summed E-state index contributed by atoms with van der Waals surface area (Å²) in [6.45, 7) is 7.92. The molecule has 1 atom stereocenters. The first-order valence-corrected chi connectivity index (χ1v) is 13.8. The van der Waals surface area contributed by atoms with Crippen molar-refractivity contribution in [3.8, 4) is 0 Å². The van der Waals surface area contributed by atoms with Gasteiger partial charge in [-0.3, -0.25) is 9.69 Å². The number of para-hydroxylation sites is 1. The normalized spacial score (nSPS) is 19.0. The number of hydrogen-bond donors (Lipinski definition) is 0. The van der Waals surface area contributed by atoms with Crippen molar-refractivity contribution in [1.29, 1.82) is 0 Å². The lowest BCUT2D eigenvalue weighted by Gasteiger charge is -2.38. The highest BCUT2D eigenvalue weighted by atomic mass is 35.5. The molecule has 2 aliphatic heterocycles. The predicted octanol–water partition coefficient (Wildman–Crippen LogP) is 3.66. The number of piperazine rings is 1. The highest BCUT2D eigenvalue weighted by molar-refractivity contribution is 7.89. The fraction of sp³-hybridized carbons (Fsp3) is 0.440. The number of carbonyl (C=O) groups is 2. The number of amides is 3. The highest BCUT2D eigenvalue weighted by Crippen LogP contribution is 2.33. The van der Waals surface area contributed by atoms with E-state index in [1.54, 1.807) is 36.1 Å². The van der Waals surface area contributed by atoms with Crippen molar-refractivity contribution in [1.82, 2.24) is 9.21 Å². The number of anilines is 2. The molecule has 0 radical (unpaired) electrons. The largest absolute Gasteiger partial charge is 0.368 e. The van der Waals surface area contributed by atoms with E-state index >= 15 is 0 Å². The molecule has 0 unspecified atom stereocenters. The first-order chi connectivity index (χ1) is 16.6. The third-order valence-corrected chi connectivity index (χ3v) is 8.78. The molecule has 10 heteroatoms. The zero-order chi connectivity index (χ0) is 25.3. The van der Waals surface area contributed by atoms with Gasteiger partial charge >= 0.3 is 6.03 Å². The van der Waals surface area contributed by atoms with Gasteiger partial charge in [-0.2, -0.15) is 0 Å². The number of nitrogens with zero attached hydrogens (tertiary/aromatic N) is 4. The number of halogens is 1. The van der Waals surface area contributed by atoms with Gasteiger partial charge in [-0.1, -0.05) is 42.8 Å². The van der Waals surface area contributed by atoms with Crippen LogP contribution in [0.5, 0.6) is 0 Å². The number of benzene rings is 2. The molecule has 0 saturated carbocycles. The SMILES string of the molecule is CCCS(=O)(=O)N1C[C@@H](C(=O)N2CCN(c3cc(C)ccc3C)CC2)N(c2ccccc2Cl)C1=O. The molecular formula is C25H31ClN4O4S. The maximum absolute atomic E-state index is 13.7. The quantitative estimate of drug-likeness (QED) is 0.583. The Kier molecular flexibility index (Phi) is 7.28. The Morgan fingerprint density at radius 3 is 2.37 bits per heavy atom. The second-order valence-electron chi connectivity index (χ2n) is 9.07. The number of hydrogen-bond acceptors (Lipinski definition) is 5. The lowest BCUT2D eigenvalue weighted by Crippen LogP contribution is -2.55. The smallest absolute Gasteiger partial charge is 0.339 e. The molecular weight excluding hydrogens is 488 g/mol. The van der Waals surface area contributed by atoms with Crippen LogP contribution in [-0.2, 0) is 14.8 Å². The summed E-state index contributed by atoms with van der Waals surface area (Å²) < 4.78 is 26.5. The number of carbonyl (C=O) groups excluding carboxylic acids is 2. The van der Waals surface area contributed by atoms with Crippen LogP contribution >= 0.6 is 11.6 Å². The van der Waals surface area contributed by atoms with Crippen LogP contribution in [0.15, 0.2) is 42.5 Å². The van der Waals surface area contributed by atoms with Gasteiger partial charge in [0.15, 0.2) is 0 Å². The molecule has 35 heavy (non-hydrogen) atoms. The maximum atomic E-state index is 13.7.